The Kier molecular flexibility index (Phi) is 3.42. The van der Waals surface area contributed by atoms with E-state index in [1.54, 1.807) is 18.3 Å². The Morgan fingerprint density at radius 3 is 2.92 bits per heavy atom. The molecule has 3 nitrogen and oxygen atoms in total. The maximum Gasteiger partial charge on any atom is 0.306 e. The van der Waals surface area contributed by atoms with Crippen LogP contribution in [0.3, 0.4) is 0 Å². The van der Waals surface area contributed by atoms with Crippen LogP contribution in [0.15, 0.2) is 5.38 Å². The van der Waals surface area contributed by atoms with Gasteiger partial charge in [0.1, 0.15) is 0 Å². The van der Waals surface area contributed by atoms with Crippen LogP contribution in [0.1, 0.15) is 24.5 Å². The lowest BCUT2D eigenvalue weighted by molar-refractivity contribution is -0.141. The van der Waals surface area contributed by atoms with E-state index in [0.717, 1.165) is 17.1 Å². The monoisotopic (exact) mass is 199 g/mol. The molecule has 0 bridgehead atoms. The molecule has 0 aliphatic carbocycles. The summed E-state index contributed by atoms with van der Waals surface area (Å²) < 4.78 is 0. The van der Waals surface area contributed by atoms with Crippen LogP contribution in [0.25, 0.3) is 0 Å². The highest BCUT2D eigenvalue weighted by Crippen LogP contribution is 2.13. The van der Waals surface area contributed by atoms with E-state index in [1.165, 1.54) is 0 Å². The first-order chi connectivity index (χ1) is 6.13. The molecular weight excluding hydrogens is 186 g/mol. The van der Waals surface area contributed by atoms with Gasteiger partial charge in [0.25, 0.3) is 0 Å². The highest BCUT2D eigenvalue weighted by Gasteiger charge is 2.13. The first kappa shape index (κ1) is 10.2. The molecular formula is C9H13NO2S. The van der Waals surface area contributed by atoms with Gasteiger partial charge in [0.15, 0.2) is 0 Å². The topological polar surface area (TPSA) is 50.2 Å². The van der Waals surface area contributed by atoms with Crippen molar-refractivity contribution >= 4 is 17.3 Å². The summed E-state index contributed by atoms with van der Waals surface area (Å²) in [6.07, 6.45) is 1.46. The van der Waals surface area contributed by atoms with Gasteiger partial charge < -0.3 is 5.11 Å². The summed E-state index contributed by atoms with van der Waals surface area (Å²) in [5.41, 5.74) is 0.900. The molecule has 4 heteroatoms. The van der Waals surface area contributed by atoms with Crippen molar-refractivity contribution in [3.63, 3.8) is 0 Å². The summed E-state index contributed by atoms with van der Waals surface area (Å²) in [7, 11) is 0. The fourth-order valence-electron chi connectivity index (χ4n) is 1.01. The minimum atomic E-state index is -0.758. The van der Waals surface area contributed by atoms with Crippen molar-refractivity contribution in [1.82, 2.24) is 4.98 Å². The predicted octanol–water partition coefficient (Wildman–Crippen LogP) is 1.97. The summed E-state index contributed by atoms with van der Waals surface area (Å²) in [6, 6.07) is 0. The van der Waals surface area contributed by atoms with Crippen molar-refractivity contribution in [1.29, 1.82) is 0 Å². The summed E-state index contributed by atoms with van der Waals surface area (Å²) in [6.45, 7) is 3.75. The molecule has 0 amide bonds. The SMILES string of the molecule is CCc1nc(CC(C)C(=O)O)cs1. The molecule has 0 saturated heterocycles. The maximum absolute atomic E-state index is 10.6. The molecule has 0 radical (unpaired) electrons. The lowest BCUT2D eigenvalue weighted by Gasteiger charge is -2.01. The number of nitrogens with zero attached hydrogens (tertiary/aromatic N) is 1. The van der Waals surface area contributed by atoms with Gasteiger partial charge in [0, 0.05) is 11.8 Å². The Morgan fingerprint density at radius 2 is 2.46 bits per heavy atom. The van der Waals surface area contributed by atoms with Crippen molar-refractivity contribution in [2.24, 2.45) is 5.92 Å². The van der Waals surface area contributed by atoms with E-state index in [9.17, 15) is 4.79 Å². The number of rotatable bonds is 4. The van der Waals surface area contributed by atoms with Crippen LogP contribution >= 0.6 is 11.3 Å². The lowest BCUT2D eigenvalue weighted by atomic mass is 10.1. The van der Waals surface area contributed by atoms with E-state index in [2.05, 4.69) is 4.98 Å². The maximum atomic E-state index is 10.6. The van der Waals surface area contributed by atoms with Crippen LogP contribution in [-0.4, -0.2) is 16.1 Å². The van der Waals surface area contributed by atoms with Gasteiger partial charge in [-0.2, -0.15) is 0 Å². The molecule has 1 N–H and O–H groups in total. The van der Waals surface area contributed by atoms with Crippen molar-refractivity contribution in [2.45, 2.75) is 26.7 Å². The van der Waals surface area contributed by atoms with Gasteiger partial charge >= 0.3 is 5.97 Å². The Labute approximate surface area is 81.4 Å². The van der Waals surface area contributed by atoms with E-state index in [1.807, 2.05) is 12.3 Å². The van der Waals surface area contributed by atoms with Crippen LogP contribution < -0.4 is 0 Å². The van der Waals surface area contributed by atoms with Crippen molar-refractivity contribution < 1.29 is 9.90 Å². The molecule has 1 heterocycles. The fraction of sp³-hybridized carbons (Fsp3) is 0.556. The first-order valence-corrected chi connectivity index (χ1v) is 5.17. The molecule has 1 aromatic heterocycles. The summed E-state index contributed by atoms with van der Waals surface area (Å²) >= 11 is 1.60. The summed E-state index contributed by atoms with van der Waals surface area (Å²) in [5.74, 6) is -1.10. The number of carboxylic acids is 1. The van der Waals surface area contributed by atoms with E-state index in [0.29, 0.717) is 6.42 Å². The molecule has 0 saturated carbocycles. The second kappa shape index (κ2) is 4.37. The van der Waals surface area contributed by atoms with Crippen LogP contribution in [0.2, 0.25) is 0 Å². The fourth-order valence-corrected chi connectivity index (χ4v) is 1.76. The third kappa shape index (κ3) is 2.81. The van der Waals surface area contributed by atoms with Crippen molar-refractivity contribution in [2.75, 3.05) is 0 Å². The number of hydrogen-bond acceptors (Lipinski definition) is 3. The van der Waals surface area contributed by atoms with Crippen molar-refractivity contribution in [3.05, 3.63) is 16.1 Å². The first-order valence-electron chi connectivity index (χ1n) is 4.29. The van der Waals surface area contributed by atoms with Crippen LogP contribution in [0.5, 0.6) is 0 Å². The lowest BCUT2D eigenvalue weighted by Crippen LogP contribution is -2.12. The Hall–Kier alpha value is -0.900. The number of aryl methyl sites for hydroxylation is 1. The number of aromatic nitrogens is 1. The Bertz CT molecular complexity index is 296. The average Bonchev–Trinajstić information content (AvgIpc) is 2.52. The number of carbonyl (C=O) groups is 1. The number of aliphatic carboxylic acids is 1. The van der Waals surface area contributed by atoms with Crippen LogP contribution in [0.4, 0.5) is 0 Å². The molecule has 1 aromatic rings. The molecule has 0 aromatic carbocycles. The van der Waals surface area contributed by atoms with E-state index in [-0.39, 0.29) is 5.92 Å². The minimum absolute atomic E-state index is 0.341. The number of carboxylic acid groups (broad SMARTS) is 1. The summed E-state index contributed by atoms with van der Waals surface area (Å²) in [5, 5.41) is 11.7. The predicted molar refractivity (Wildman–Crippen MR) is 52.0 cm³/mol. The molecule has 0 aliphatic rings. The van der Waals surface area contributed by atoms with E-state index >= 15 is 0 Å². The largest absolute Gasteiger partial charge is 0.481 e. The van der Waals surface area contributed by atoms with Crippen LogP contribution in [-0.2, 0) is 17.6 Å². The van der Waals surface area contributed by atoms with E-state index in [4.69, 9.17) is 5.11 Å². The molecule has 1 unspecified atom stereocenters. The highest BCUT2D eigenvalue weighted by molar-refractivity contribution is 7.09. The third-order valence-electron chi connectivity index (χ3n) is 1.84. The Morgan fingerprint density at radius 1 is 1.77 bits per heavy atom. The van der Waals surface area contributed by atoms with Crippen molar-refractivity contribution in [3.8, 4) is 0 Å². The number of hydrogen-bond donors (Lipinski definition) is 1. The zero-order valence-electron chi connectivity index (χ0n) is 7.78. The molecule has 0 fully saturated rings. The molecule has 1 rings (SSSR count). The second-order valence-corrected chi connectivity index (χ2v) is 3.97. The standard InChI is InChI=1S/C9H13NO2S/c1-3-8-10-7(5-13-8)4-6(2)9(11)12/h5-6H,3-4H2,1-2H3,(H,11,12). The zero-order valence-corrected chi connectivity index (χ0v) is 8.60. The quantitative estimate of drug-likeness (QED) is 0.806. The Balaban J connectivity index is 2.58. The third-order valence-corrected chi connectivity index (χ3v) is 2.88. The average molecular weight is 199 g/mol. The second-order valence-electron chi connectivity index (χ2n) is 3.03. The zero-order chi connectivity index (χ0) is 9.84. The van der Waals surface area contributed by atoms with E-state index < -0.39 is 5.97 Å². The number of thiazole rings is 1. The normalized spacial score (nSPS) is 12.8. The van der Waals surface area contributed by atoms with Gasteiger partial charge in [-0.25, -0.2) is 4.98 Å². The van der Waals surface area contributed by atoms with Gasteiger partial charge in [-0.1, -0.05) is 13.8 Å². The minimum Gasteiger partial charge on any atom is -0.481 e. The van der Waals surface area contributed by atoms with Gasteiger partial charge in [0.05, 0.1) is 16.6 Å². The molecule has 72 valence electrons. The smallest absolute Gasteiger partial charge is 0.306 e. The molecule has 13 heavy (non-hydrogen) atoms. The molecule has 1 atom stereocenters. The molecule has 0 aliphatic heterocycles. The summed E-state index contributed by atoms with van der Waals surface area (Å²) in [4.78, 5) is 14.9. The highest BCUT2D eigenvalue weighted by atomic mass is 32.1. The molecule has 0 spiro atoms. The van der Waals surface area contributed by atoms with Gasteiger partial charge in [-0.15, -0.1) is 11.3 Å². The van der Waals surface area contributed by atoms with Crippen LogP contribution in [0, 0.1) is 5.92 Å². The van der Waals surface area contributed by atoms with Gasteiger partial charge in [0.2, 0.25) is 0 Å². The van der Waals surface area contributed by atoms with Gasteiger partial charge in [-0.05, 0) is 6.42 Å². The van der Waals surface area contributed by atoms with Gasteiger partial charge in [-0.3, -0.25) is 4.79 Å².